The zero-order valence-electron chi connectivity index (χ0n) is 9.24. The van der Waals surface area contributed by atoms with Crippen molar-refractivity contribution in [2.75, 3.05) is 5.73 Å². The average molecular weight is 218 g/mol. The standard InChI is InChI=1S/C12H14N2O2/c1-6(2)7-3-4-9(13)8-5-10(12(15)16)14-11(7)8/h3-6,14H,13H2,1-2H3,(H,15,16). The second-order valence-corrected chi connectivity index (χ2v) is 4.18. The maximum atomic E-state index is 10.9. The van der Waals surface area contributed by atoms with Crippen LogP contribution >= 0.6 is 0 Å². The minimum absolute atomic E-state index is 0.176. The number of anilines is 1. The van der Waals surface area contributed by atoms with Crippen molar-refractivity contribution >= 4 is 22.6 Å². The zero-order valence-corrected chi connectivity index (χ0v) is 9.24. The van der Waals surface area contributed by atoms with Crippen molar-refractivity contribution in [1.29, 1.82) is 0 Å². The predicted octanol–water partition coefficient (Wildman–Crippen LogP) is 2.57. The summed E-state index contributed by atoms with van der Waals surface area (Å²) in [6.07, 6.45) is 0. The summed E-state index contributed by atoms with van der Waals surface area (Å²) in [4.78, 5) is 13.8. The lowest BCUT2D eigenvalue weighted by Gasteiger charge is -2.07. The van der Waals surface area contributed by atoms with Crippen molar-refractivity contribution in [1.82, 2.24) is 4.98 Å². The second kappa shape index (κ2) is 3.56. The molecule has 0 saturated carbocycles. The van der Waals surface area contributed by atoms with E-state index in [1.54, 1.807) is 6.07 Å². The van der Waals surface area contributed by atoms with E-state index in [1.165, 1.54) is 0 Å². The number of aromatic amines is 1. The number of carboxylic acid groups (broad SMARTS) is 1. The van der Waals surface area contributed by atoms with Gasteiger partial charge >= 0.3 is 5.97 Å². The lowest BCUT2D eigenvalue weighted by molar-refractivity contribution is 0.0691. The van der Waals surface area contributed by atoms with Crippen LogP contribution in [0.4, 0.5) is 5.69 Å². The third-order valence-electron chi connectivity index (χ3n) is 2.71. The molecule has 84 valence electrons. The Labute approximate surface area is 93.1 Å². The molecular weight excluding hydrogens is 204 g/mol. The maximum absolute atomic E-state index is 10.9. The molecule has 0 fully saturated rings. The van der Waals surface area contributed by atoms with Gasteiger partial charge in [-0.3, -0.25) is 0 Å². The van der Waals surface area contributed by atoms with Crippen molar-refractivity contribution in [2.45, 2.75) is 19.8 Å². The van der Waals surface area contributed by atoms with Gasteiger partial charge in [0.2, 0.25) is 0 Å². The molecule has 0 aliphatic carbocycles. The fourth-order valence-corrected chi connectivity index (χ4v) is 1.86. The lowest BCUT2D eigenvalue weighted by Crippen LogP contribution is -1.96. The van der Waals surface area contributed by atoms with E-state index in [0.29, 0.717) is 11.6 Å². The van der Waals surface area contributed by atoms with Crippen LogP contribution in [-0.4, -0.2) is 16.1 Å². The molecule has 0 aliphatic rings. The van der Waals surface area contributed by atoms with Crippen LogP contribution in [0.25, 0.3) is 10.9 Å². The molecule has 1 heterocycles. The van der Waals surface area contributed by atoms with Crippen LogP contribution in [0.15, 0.2) is 18.2 Å². The lowest BCUT2D eigenvalue weighted by atomic mass is 10.00. The van der Waals surface area contributed by atoms with Crippen LogP contribution in [0.3, 0.4) is 0 Å². The van der Waals surface area contributed by atoms with Gasteiger partial charge in [0, 0.05) is 11.1 Å². The Morgan fingerprint density at radius 1 is 1.44 bits per heavy atom. The summed E-state index contributed by atoms with van der Waals surface area (Å²) in [6, 6.07) is 5.33. The molecule has 1 aromatic heterocycles. The average Bonchev–Trinajstić information content (AvgIpc) is 2.62. The molecule has 0 aliphatic heterocycles. The summed E-state index contributed by atoms with van der Waals surface area (Å²) >= 11 is 0. The van der Waals surface area contributed by atoms with Crippen molar-refractivity contribution in [3.05, 3.63) is 29.5 Å². The van der Waals surface area contributed by atoms with Gasteiger partial charge in [0.15, 0.2) is 0 Å². The number of rotatable bonds is 2. The van der Waals surface area contributed by atoms with Gasteiger partial charge in [0.25, 0.3) is 0 Å². The molecule has 1 aromatic carbocycles. The molecule has 0 amide bonds. The Balaban J connectivity index is 2.77. The molecule has 4 heteroatoms. The molecule has 2 rings (SSSR count). The van der Waals surface area contributed by atoms with Gasteiger partial charge in [-0.2, -0.15) is 0 Å². The monoisotopic (exact) mass is 218 g/mol. The first kappa shape index (κ1) is 10.5. The van der Waals surface area contributed by atoms with Crippen LogP contribution < -0.4 is 5.73 Å². The van der Waals surface area contributed by atoms with Crippen molar-refractivity contribution in [3.8, 4) is 0 Å². The second-order valence-electron chi connectivity index (χ2n) is 4.18. The largest absolute Gasteiger partial charge is 0.477 e. The fraction of sp³-hybridized carbons (Fsp3) is 0.250. The molecule has 4 N–H and O–H groups in total. The molecule has 2 aromatic rings. The minimum atomic E-state index is -0.967. The highest BCUT2D eigenvalue weighted by Crippen LogP contribution is 2.29. The Morgan fingerprint density at radius 2 is 2.12 bits per heavy atom. The summed E-state index contributed by atoms with van der Waals surface area (Å²) in [5.74, 6) is -0.645. The van der Waals surface area contributed by atoms with Gasteiger partial charge in [-0.05, 0) is 23.6 Å². The first-order chi connectivity index (χ1) is 7.50. The number of nitrogen functional groups attached to an aromatic ring is 1. The quantitative estimate of drug-likeness (QED) is 0.678. The summed E-state index contributed by atoms with van der Waals surface area (Å²) in [5.41, 5.74) is 8.51. The van der Waals surface area contributed by atoms with E-state index in [9.17, 15) is 4.79 Å². The first-order valence-corrected chi connectivity index (χ1v) is 5.15. The zero-order chi connectivity index (χ0) is 11.9. The van der Waals surface area contributed by atoms with E-state index in [0.717, 1.165) is 16.5 Å². The summed E-state index contributed by atoms with van der Waals surface area (Å²) in [5, 5.41) is 9.72. The molecule has 0 bridgehead atoms. The van der Waals surface area contributed by atoms with Gasteiger partial charge in [-0.1, -0.05) is 19.9 Å². The SMILES string of the molecule is CC(C)c1ccc(N)c2cc(C(=O)O)[nH]c12. The number of H-pyrrole nitrogens is 1. The maximum Gasteiger partial charge on any atom is 0.352 e. The molecule has 0 radical (unpaired) electrons. The van der Waals surface area contributed by atoms with E-state index in [4.69, 9.17) is 10.8 Å². The van der Waals surface area contributed by atoms with E-state index in [1.807, 2.05) is 12.1 Å². The number of fused-ring (bicyclic) bond motifs is 1. The highest BCUT2D eigenvalue weighted by molar-refractivity contribution is 6.00. The van der Waals surface area contributed by atoms with Crippen LogP contribution in [0.1, 0.15) is 35.8 Å². The Morgan fingerprint density at radius 3 is 2.69 bits per heavy atom. The highest BCUT2D eigenvalue weighted by atomic mass is 16.4. The minimum Gasteiger partial charge on any atom is -0.477 e. The van der Waals surface area contributed by atoms with Gasteiger partial charge in [0.1, 0.15) is 5.69 Å². The summed E-state index contributed by atoms with van der Waals surface area (Å²) in [7, 11) is 0. The predicted molar refractivity (Wildman–Crippen MR) is 63.8 cm³/mol. The van der Waals surface area contributed by atoms with Crippen LogP contribution in [-0.2, 0) is 0 Å². The number of aromatic carboxylic acids is 1. The van der Waals surface area contributed by atoms with E-state index >= 15 is 0 Å². The van der Waals surface area contributed by atoms with Gasteiger partial charge in [-0.25, -0.2) is 4.79 Å². The number of hydrogen-bond acceptors (Lipinski definition) is 2. The molecule has 4 nitrogen and oxygen atoms in total. The van der Waals surface area contributed by atoms with Gasteiger partial charge in [0.05, 0.1) is 5.52 Å². The third-order valence-corrected chi connectivity index (χ3v) is 2.71. The number of carbonyl (C=O) groups is 1. The molecule has 0 atom stereocenters. The van der Waals surface area contributed by atoms with E-state index in [-0.39, 0.29) is 5.69 Å². The van der Waals surface area contributed by atoms with Crippen LogP contribution in [0.2, 0.25) is 0 Å². The van der Waals surface area contributed by atoms with Crippen molar-refractivity contribution in [3.63, 3.8) is 0 Å². The summed E-state index contributed by atoms with van der Waals surface area (Å²) < 4.78 is 0. The van der Waals surface area contributed by atoms with Gasteiger partial charge < -0.3 is 15.8 Å². The van der Waals surface area contributed by atoms with Crippen LogP contribution in [0, 0.1) is 0 Å². The fourth-order valence-electron chi connectivity index (χ4n) is 1.86. The number of benzene rings is 1. The van der Waals surface area contributed by atoms with Crippen LogP contribution in [0.5, 0.6) is 0 Å². The number of nitrogens with two attached hydrogens (primary N) is 1. The molecule has 16 heavy (non-hydrogen) atoms. The van der Waals surface area contributed by atoms with E-state index < -0.39 is 5.97 Å². The van der Waals surface area contributed by atoms with Gasteiger partial charge in [-0.15, -0.1) is 0 Å². The third kappa shape index (κ3) is 1.52. The number of nitrogens with one attached hydrogen (secondary N) is 1. The Hall–Kier alpha value is -1.97. The topological polar surface area (TPSA) is 79.1 Å². The number of hydrogen-bond donors (Lipinski definition) is 3. The smallest absolute Gasteiger partial charge is 0.352 e. The van der Waals surface area contributed by atoms with Crippen molar-refractivity contribution in [2.24, 2.45) is 0 Å². The molecule has 0 saturated heterocycles. The summed E-state index contributed by atoms with van der Waals surface area (Å²) in [6.45, 7) is 4.12. The van der Waals surface area contributed by atoms with Crippen molar-refractivity contribution < 1.29 is 9.90 Å². The normalized spacial score (nSPS) is 11.2. The number of carboxylic acids is 1. The number of aromatic nitrogens is 1. The molecule has 0 unspecified atom stereocenters. The Bertz CT molecular complexity index is 555. The molecular formula is C12H14N2O2. The highest BCUT2D eigenvalue weighted by Gasteiger charge is 2.13. The molecule has 0 spiro atoms. The van der Waals surface area contributed by atoms with E-state index in [2.05, 4.69) is 18.8 Å². The first-order valence-electron chi connectivity index (χ1n) is 5.15. The Kier molecular flexibility index (Phi) is 2.34.